The van der Waals surface area contributed by atoms with Crippen LogP contribution in [0.3, 0.4) is 0 Å². The molecule has 0 spiro atoms. The number of methoxy groups -OCH3 is 3. The Balaban J connectivity index is 1.79. The van der Waals surface area contributed by atoms with Gasteiger partial charge in [0.25, 0.3) is 5.91 Å². The van der Waals surface area contributed by atoms with Gasteiger partial charge in [-0.3, -0.25) is 14.6 Å². The van der Waals surface area contributed by atoms with Crippen LogP contribution in [0.25, 0.3) is 0 Å². The molecule has 0 unspecified atom stereocenters. The molecule has 2 heterocycles. The summed E-state index contributed by atoms with van der Waals surface area (Å²) < 4.78 is 16.3. The van der Waals surface area contributed by atoms with Gasteiger partial charge in [-0.25, -0.2) is 0 Å². The molecule has 2 atom stereocenters. The molecule has 3 aromatic rings. The second kappa shape index (κ2) is 9.82. The van der Waals surface area contributed by atoms with Gasteiger partial charge in [0.05, 0.1) is 33.3 Å². The molecule has 8 nitrogen and oxygen atoms in total. The number of nitrogens with zero attached hydrogens (tertiary/aromatic N) is 2. The SMILES string of the molecule is COc1ccccc1CNC(=O)[C@H]1c2cc(OC)c(OC)cc2C(=O)N(C)[C@H]1c1cccnc1. The number of carbonyl (C=O) groups excluding carboxylic acids is 2. The number of hydrogen-bond donors (Lipinski definition) is 1. The molecular weight excluding hydrogens is 434 g/mol. The summed E-state index contributed by atoms with van der Waals surface area (Å²) in [5.74, 6) is 0.430. The van der Waals surface area contributed by atoms with Crippen LogP contribution in [0.15, 0.2) is 60.9 Å². The van der Waals surface area contributed by atoms with Crippen LogP contribution >= 0.6 is 0 Å². The molecule has 0 bridgehead atoms. The number of amides is 2. The van der Waals surface area contributed by atoms with Crippen LogP contribution in [0.2, 0.25) is 0 Å². The van der Waals surface area contributed by atoms with Crippen LogP contribution < -0.4 is 19.5 Å². The molecule has 4 rings (SSSR count). The molecule has 8 heteroatoms. The van der Waals surface area contributed by atoms with Crippen molar-refractivity contribution in [1.29, 1.82) is 0 Å². The number of ether oxygens (including phenoxy) is 3. The van der Waals surface area contributed by atoms with E-state index in [0.717, 1.165) is 11.1 Å². The number of para-hydroxylation sites is 1. The van der Waals surface area contributed by atoms with Crippen molar-refractivity contribution in [2.45, 2.75) is 18.5 Å². The Hall–Kier alpha value is -4.07. The van der Waals surface area contributed by atoms with E-state index in [1.165, 1.54) is 14.2 Å². The van der Waals surface area contributed by atoms with E-state index in [-0.39, 0.29) is 18.4 Å². The second-order valence-electron chi connectivity index (χ2n) is 7.95. The van der Waals surface area contributed by atoms with Crippen LogP contribution in [0.5, 0.6) is 17.2 Å². The second-order valence-corrected chi connectivity index (χ2v) is 7.95. The van der Waals surface area contributed by atoms with Crippen molar-refractivity contribution in [3.8, 4) is 17.2 Å². The zero-order chi connectivity index (χ0) is 24.2. The average Bonchev–Trinajstić information content (AvgIpc) is 2.88. The lowest BCUT2D eigenvalue weighted by Crippen LogP contribution is -2.45. The maximum atomic E-state index is 13.7. The van der Waals surface area contributed by atoms with Crippen LogP contribution in [-0.4, -0.2) is 50.1 Å². The first-order valence-corrected chi connectivity index (χ1v) is 10.8. The largest absolute Gasteiger partial charge is 0.496 e. The van der Waals surface area contributed by atoms with Gasteiger partial charge in [0.1, 0.15) is 5.75 Å². The van der Waals surface area contributed by atoms with E-state index in [4.69, 9.17) is 14.2 Å². The standard InChI is InChI=1S/C26H27N3O5/c1-29-24(17-9-7-11-27-14-17)23(25(30)28-15-16-8-5-6-10-20(16)32-2)18-12-21(33-3)22(34-4)13-19(18)26(29)31/h5-14,23-24H,15H2,1-4H3,(H,28,30)/t23-,24-/m0/s1. The van der Waals surface area contributed by atoms with Gasteiger partial charge >= 0.3 is 0 Å². The fourth-order valence-corrected chi connectivity index (χ4v) is 4.44. The van der Waals surface area contributed by atoms with Crippen molar-refractivity contribution >= 4 is 11.8 Å². The number of aromatic nitrogens is 1. The predicted octanol–water partition coefficient (Wildman–Crippen LogP) is 3.33. The highest BCUT2D eigenvalue weighted by molar-refractivity contribution is 6.02. The van der Waals surface area contributed by atoms with E-state index < -0.39 is 12.0 Å². The predicted molar refractivity (Wildman–Crippen MR) is 126 cm³/mol. The van der Waals surface area contributed by atoms with Gasteiger partial charge in [0, 0.05) is 37.1 Å². The zero-order valence-electron chi connectivity index (χ0n) is 19.6. The minimum atomic E-state index is -0.698. The monoisotopic (exact) mass is 461 g/mol. The van der Waals surface area contributed by atoms with Gasteiger partial charge in [-0.1, -0.05) is 24.3 Å². The van der Waals surface area contributed by atoms with Crippen molar-refractivity contribution in [1.82, 2.24) is 15.2 Å². The molecule has 2 aromatic carbocycles. The van der Waals surface area contributed by atoms with E-state index in [1.54, 1.807) is 49.7 Å². The number of likely N-dealkylation sites (N-methyl/N-ethyl adjacent to an activating group) is 1. The summed E-state index contributed by atoms with van der Waals surface area (Å²) in [4.78, 5) is 32.9. The highest BCUT2D eigenvalue weighted by Gasteiger charge is 2.43. The molecule has 0 fully saturated rings. The topological polar surface area (TPSA) is 90.0 Å². The van der Waals surface area contributed by atoms with Crippen molar-refractivity contribution in [3.05, 3.63) is 83.2 Å². The van der Waals surface area contributed by atoms with E-state index in [1.807, 2.05) is 30.3 Å². The number of pyridine rings is 1. The lowest BCUT2D eigenvalue weighted by Gasteiger charge is -2.40. The number of rotatable bonds is 7. The summed E-state index contributed by atoms with van der Waals surface area (Å²) in [5.41, 5.74) is 2.59. The summed E-state index contributed by atoms with van der Waals surface area (Å²) in [6.07, 6.45) is 3.34. The third-order valence-electron chi connectivity index (χ3n) is 6.13. The molecule has 1 aliphatic rings. The van der Waals surface area contributed by atoms with Crippen LogP contribution in [-0.2, 0) is 11.3 Å². The average molecular weight is 462 g/mol. The smallest absolute Gasteiger partial charge is 0.254 e. The van der Waals surface area contributed by atoms with E-state index in [0.29, 0.717) is 28.4 Å². The first kappa shape index (κ1) is 23.1. The minimum Gasteiger partial charge on any atom is -0.496 e. The van der Waals surface area contributed by atoms with Gasteiger partial charge in [-0.15, -0.1) is 0 Å². The third-order valence-corrected chi connectivity index (χ3v) is 6.13. The minimum absolute atomic E-state index is 0.210. The number of carbonyl (C=O) groups is 2. The Labute approximate surface area is 198 Å². The molecule has 0 saturated heterocycles. The first-order valence-electron chi connectivity index (χ1n) is 10.8. The van der Waals surface area contributed by atoms with Gasteiger partial charge < -0.3 is 24.4 Å². The Bertz CT molecular complexity index is 1200. The summed E-state index contributed by atoms with van der Waals surface area (Å²) in [7, 11) is 6.32. The van der Waals surface area contributed by atoms with Gasteiger partial charge in [-0.2, -0.15) is 0 Å². The number of benzene rings is 2. The van der Waals surface area contributed by atoms with E-state index in [9.17, 15) is 9.59 Å². The van der Waals surface area contributed by atoms with Gasteiger partial charge in [0.15, 0.2) is 11.5 Å². The Morgan fingerprint density at radius 3 is 2.38 bits per heavy atom. The lowest BCUT2D eigenvalue weighted by atomic mass is 9.79. The molecule has 0 radical (unpaired) electrons. The molecule has 0 aliphatic carbocycles. The normalized spacial score (nSPS) is 17.1. The fourth-order valence-electron chi connectivity index (χ4n) is 4.44. The molecule has 34 heavy (non-hydrogen) atoms. The Morgan fingerprint density at radius 1 is 1.00 bits per heavy atom. The van der Waals surface area contributed by atoms with Crippen molar-refractivity contribution in [2.75, 3.05) is 28.4 Å². The zero-order valence-corrected chi connectivity index (χ0v) is 19.6. The van der Waals surface area contributed by atoms with E-state index in [2.05, 4.69) is 10.3 Å². The Morgan fingerprint density at radius 2 is 1.71 bits per heavy atom. The van der Waals surface area contributed by atoms with Crippen LogP contribution in [0.4, 0.5) is 0 Å². The number of nitrogens with one attached hydrogen (secondary N) is 1. The number of fused-ring (bicyclic) bond motifs is 1. The highest BCUT2D eigenvalue weighted by atomic mass is 16.5. The van der Waals surface area contributed by atoms with Crippen molar-refractivity contribution in [2.24, 2.45) is 0 Å². The molecule has 1 aliphatic heterocycles. The van der Waals surface area contributed by atoms with Gasteiger partial charge in [0.2, 0.25) is 5.91 Å². The maximum Gasteiger partial charge on any atom is 0.254 e. The lowest BCUT2D eigenvalue weighted by molar-refractivity contribution is -0.124. The fraction of sp³-hybridized carbons (Fsp3) is 0.269. The highest BCUT2D eigenvalue weighted by Crippen LogP contribution is 2.45. The summed E-state index contributed by atoms with van der Waals surface area (Å²) in [6, 6.07) is 14.0. The third kappa shape index (κ3) is 4.14. The molecule has 0 saturated carbocycles. The summed E-state index contributed by atoms with van der Waals surface area (Å²) in [6.45, 7) is 0.277. The molecule has 2 amide bonds. The van der Waals surface area contributed by atoms with Crippen LogP contribution in [0.1, 0.15) is 39.0 Å². The molecule has 176 valence electrons. The van der Waals surface area contributed by atoms with Gasteiger partial charge in [-0.05, 0) is 35.4 Å². The van der Waals surface area contributed by atoms with Crippen LogP contribution in [0, 0.1) is 0 Å². The summed E-state index contributed by atoms with van der Waals surface area (Å²) >= 11 is 0. The summed E-state index contributed by atoms with van der Waals surface area (Å²) in [5, 5.41) is 3.04. The molecule has 1 aromatic heterocycles. The van der Waals surface area contributed by atoms with E-state index >= 15 is 0 Å². The molecular formula is C26H27N3O5. The number of hydrogen-bond acceptors (Lipinski definition) is 6. The quantitative estimate of drug-likeness (QED) is 0.581. The molecule has 1 N–H and O–H groups in total. The maximum absolute atomic E-state index is 13.7. The van der Waals surface area contributed by atoms with Crippen molar-refractivity contribution in [3.63, 3.8) is 0 Å². The first-order chi connectivity index (χ1) is 16.5. The van der Waals surface area contributed by atoms with Crippen molar-refractivity contribution < 1.29 is 23.8 Å². The Kier molecular flexibility index (Phi) is 6.67.